The smallest absolute Gasteiger partial charge is 0.410 e. The van der Waals surface area contributed by atoms with E-state index >= 15 is 0 Å². The number of carbonyl (C=O) groups is 2. The minimum absolute atomic E-state index is 0.115. The van der Waals surface area contributed by atoms with Gasteiger partial charge in [0.15, 0.2) is 0 Å². The molecule has 0 saturated carbocycles. The number of aliphatic hydroxyl groups is 1. The Balaban J connectivity index is 1.60. The highest BCUT2D eigenvalue weighted by molar-refractivity contribution is 6.39. The second-order valence-electron chi connectivity index (χ2n) is 12.3. The standard InChI is InChI=1S/C36H40Cl2N4O7/c1-36(2,3)49-35(46)42(4)20-23-12-13-28(41-34(23)48-6)27-9-7-8-25(31(27)37)26-14-15-40-33(32(26)38)21-10-11-22(29(16-21)47-5)18-39-19-24(43)17-30(44)45/h7-16,24,39,43H,17-20H2,1-6H3,(H,44,45)/t24-/m0/s1. The maximum Gasteiger partial charge on any atom is 0.410 e. The summed E-state index contributed by atoms with van der Waals surface area (Å²) in [4.78, 5) is 34.1. The first-order valence-electron chi connectivity index (χ1n) is 15.4. The van der Waals surface area contributed by atoms with Gasteiger partial charge in [-0.2, -0.15) is 0 Å². The first-order chi connectivity index (χ1) is 23.2. The molecule has 4 rings (SSSR count). The second kappa shape index (κ2) is 16.3. The molecule has 0 aliphatic carbocycles. The lowest BCUT2D eigenvalue weighted by atomic mass is 9.99. The Labute approximate surface area is 295 Å². The van der Waals surface area contributed by atoms with Crippen molar-refractivity contribution in [1.29, 1.82) is 0 Å². The van der Waals surface area contributed by atoms with E-state index in [9.17, 15) is 14.7 Å². The third kappa shape index (κ3) is 9.60. The first-order valence-corrected chi connectivity index (χ1v) is 16.2. The normalized spacial score (nSPS) is 11.9. The quantitative estimate of drug-likeness (QED) is 0.132. The summed E-state index contributed by atoms with van der Waals surface area (Å²) in [7, 11) is 4.72. The number of rotatable bonds is 13. The van der Waals surface area contributed by atoms with Crippen molar-refractivity contribution in [3.63, 3.8) is 0 Å². The van der Waals surface area contributed by atoms with E-state index in [1.165, 1.54) is 12.0 Å². The van der Waals surface area contributed by atoms with Gasteiger partial charge in [-0.3, -0.25) is 9.78 Å². The van der Waals surface area contributed by atoms with Gasteiger partial charge < -0.3 is 34.6 Å². The van der Waals surface area contributed by atoms with Crippen molar-refractivity contribution in [2.45, 2.75) is 52.0 Å². The highest BCUT2D eigenvalue weighted by atomic mass is 35.5. The van der Waals surface area contributed by atoms with Crippen LogP contribution in [0.4, 0.5) is 4.79 Å². The highest BCUT2D eigenvalue weighted by Gasteiger charge is 2.22. The van der Waals surface area contributed by atoms with Gasteiger partial charge in [0.25, 0.3) is 0 Å². The average Bonchev–Trinajstić information content (AvgIpc) is 3.04. The third-order valence-electron chi connectivity index (χ3n) is 7.37. The fourth-order valence-corrected chi connectivity index (χ4v) is 5.70. The number of aromatic nitrogens is 2. The number of nitrogens with zero attached hydrogens (tertiary/aromatic N) is 3. The first kappa shape index (κ1) is 37.4. The number of amides is 1. The number of ether oxygens (including phenoxy) is 3. The molecular weight excluding hydrogens is 671 g/mol. The highest BCUT2D eigenvalue weighted by Crippen LogP contribution is 2.42. The van der Waals surface area contributed by atoms with Crippen LogP contribution >= 0.6 is 23.2 Å². The zero-order valence-electron chi connectivity index (χ0n) is 28.2. The minimum Gasteiger partial charge on any atom is -0.496 e. The topological polar surface area (TPSA) is 143 Å². The summed E-state index contributed by atoms with van der Waals surface area (Å²) >= 11 is 14.0. The molecule has 0 fully saturated rings. The van der Waals surface area contributed by atoms with Crippen LogP contribution in [-0.4, -0.2) is 76.7 Å². The monoisotopic (exact) mass is 710 g/mol. The van der Waals surface area contributed by atoms with Gasteiger partial charge in [0, 0.05) is 59.7 Å². The lowest BCUT2D eigenvalue weighted by Gasteiger charge is -2.25. The van der Waals surface area contributed by atoms with E-state index in [0.717, 1.165) is 5.56 Å². The molecule has 0 spiro atoms. The van der Waals surface area contributed by atoms with Gasteiger partial charge in [0.1, 0.15) is 11.4 Å². The number of carbonyl (C=O) groups excluding carboxylic acids is 1. The maximum atomic E-state index is 12.5. The van der Waals surface area contributed by atoms with Gasteiger partial charge in [0.05, 0.1) is 54.7 Å². The molecule has 2 aromatic carbocycles. The van der Waals surface area contributed by atoms with Gasteiger partial charge in [0.2, 0.25) is 5.88 Å². The van der Waals surface area contributed by atoms with E-state index < -0.39 is 23.8 Å². The molecule has 1 atom stereocenters. The summed E-state index contributed by atoms with van der Waals surface area (Å²) in [6.07, 6.45) is -0.153. The Morgan fingerprint density at radius 2 is 1.65 bits per heavy atom. The number of aliphatic carboxylic acids is 1. The van der Waals surface area contributed by atoms with E-state index in [1.807, 2.05) is 69.3 Å². The van der Waals surface area contributed by atoms with E-state index in [1.54, 1.807) is 26.4 Å². The van der Waals surface area contributed by atoms with Crippen molar-refractivity contribution < 1.29 is 34.0 Å². The van der Waals surface area contributed by atoms with E-state index in [0.29, 0.717) is 67.4 Å². The molecule has 3 N–H and O–H groups in total. The summed E-state index contributed by atoms with van der Waals surface area (Å²) in [6, 6.07) is 16.6. The summed E-state index contributed by atoms with van der Waals surface area (Å²) in [5.74, 6) is -0.146. The van der Waals surface area contributed by atoms with Gasteiger partial charge in [-0.25, -0.2) is 9.78 Å². The van der Waals surface area contributed by atoms with Crippen LogP contribution in [0.3, 0.4) is 0 Å². The Morgan fingerprint density at radius 3 is 2.33 bits per heavy atom. The number of methoxy groups -OCH3 is 2. The van der Waals surface area contributed by atoms with Crippen LogP contribution in [0.5, 0.6) is 11.6 Å². The lowest BCUT2D eigenvalue weighted by Crippen LogP contribution is -2.33. The number of carboxylic acid groups (broad SMARTS) is 1. The van der Waals surface area contributed by atoms with Gasteiger partial charge in [-0.1, -0.05) is 53.5 Å². The molecule has 49 heavy (non-hydrogen) atoms. The summed E-state index contributed by atoms with van der Waals surface area (Å²) < 4.78 is 16.7. The van der Waals surface area contributed by atoms with Crippen LogP contribution in [0.2, 0.25) is 10.0 Å². The zero-order chi connectivity index (χ0) is 35.9. The molecule has 0 unspecified atom stereocenters. The van der Waals surface area contributed by atoms with Crippen molar-refractivity contribution >= 4 is 35.3 Å². The number of hydrogen-bond donors (Lipinski definition) is 3. The van der Waals surface area contributed by atoms with E-state index in [2.05, 4.69) is 10.3 Å². The predicted molar refractivity (Wildman–Crippen MR) is 189 cm³/mol. The predicted octanol–water partition coefficient (Wildman–Crippen LogP) is 7.09. The molecule has 2 heterocycles. The molecule has 1 amide bonds. The Bertz CT molecular complexity index is 1810. The van der Waals surface area contributed by atoms with Crippen molar-refractivity contribution in [1.82, 2.24) is 20.2 Å². The molecule has 13 heteroatoms. The number of carboxylic acids is 1. The number of pyridine rings is 2. The number of benzene rings is 2. The van der Waals surface area contributed by atoms with E-state index in [4.69, 9.17) is 47.5 Å². The number of aliphatic hydroxyl groups excluding tert-OH is 1. The summed E-state index contributed by atoms with van der Waals surface area (Å²) in [6.45, 7) is 6.13. The zero-order valence-corrected chi connectivity index (χ0v) is 29.7. The van der Waals surface area contributed by atoms with Crippen LogP contribution in [0, 0.1) is 0 Å². The Morgan fingerprint density at radius 1 is 0.959 bits per heavy atom. The van der Waals surface area contributed by atoms with Crippen LogP contribution in [-0.2, 0) is 22.6 Å². The van der Waals surface area contributed by atoms with Gasteiger partial charge in [-0.05, 0) is 45.0 Å². The minimum atomic E-state index is -1.07. The molecular formula is C36H40Cl2N4O7. The molecule has 0 aliphatic rings. The second-order valence-corrected chi connectivity index (χ2v) is 13.1. The van der Waals surface area contributed by atoms with Crippen molar-refractivity contribution in [3.05, 3.63) is 82.0 Å². The molecule has 11 nitrogen and oxygen atoms in total. The molecule has 260 valence electrons. The van der Waals surface area contributed by atoms with Crippen LogP contribution in [0.15, 0.2) is 60.8 Å². The average molecular weight is 712 g/mol. The fraction of sp³-hybridized carbons (Fsp3) is 0.333. The third-order valence-corrected chi connectivity index (χ3v) is 8.16. The van der Waals surface area contributed by atoms with Crippen LogP contribution in [0.25, 0.3) is 33.6 Å². The number of nitrogens with one attached hydrogen (secondary N) is 1. The lowest BCUT2D eigenvalue weighted by molar-refractivity contribution is -0.139. The van der Waals surface area contributed by atoms with Crippen LogP contribution in [0.1, 0.15) is 38.3 Å². The fourth-order valence-electron chi connectivity index (χ4n) is 5.05. The van der Waals surface area contributed by atoms with Crippen LogP contribution < -0.4 is 14.8 Å². The van der Waals surface area contributed by atoms with E-state index in [-0.39, 0.29) is 19.5 Å². The number of hydrogen-bond acceptors (Lipinski definition) is 9. The largest absolute Gasteiger partial charge is 0.496 e. The Hall–Kier alpha value is -4.42. The molecule has 0 radical (unpaired) electrons. The molecule has 2 aromatic heterocycles. The number of halogens is 2. The molecule has 0 saturated heterocycles. The van der Waals surface area contributed by atoms with Crippen molar-refractivity contribution in [2.75, 3.05) is 27.8 Å². The Kier molecular flexibility index (Phi) is 12.5. The maximum absolute atomic E-state index is 12.5. The summed E-state index contributed by atoms with van der Waals surface area (Å²) in [5.41, 5.74) is 4.69. The SMILES string of the molecule is COc1cc(-c2nccc(-c3cccc(-c4ccc(CN(C)C(=O)OC(C)(C)C)c(OC)n4)c3Cl)c2Cl)ccc1CNC[C@@H](O)CC(=O)O. The summed E-state index contributed by atoms with van der Waals surface area (Å²) in [5, 5.41) is 22.6. The molecule has 4 aromatic rings. The van der Waals surface area contributed by atoms with Gasteiger partial charge >= 0.3 is 12.1 Å². The van der Waals surface area contributed by atoms with Crippen molar-refractivity contribution in [2.24, 2.45) is 0 Å². The van der Waals surface area contributed by atoms with Gasteiger partial charge in [-0.15, -0.1) is 0 Å². The van der Waals surface area contributed by atoms with Crippen molar-refractivity contribution in [3.8, 4) is 45.3 Å². The molecule has 0 aliphatic heterocycles. The molecule has 0 bridgehead atoms.